The van der Waals surface area contributed by atoms with E-state index < -0.39 is 0 Å². The number of hydrogen-bond donors (Lipinski definition) is 1. The summed E-state index contributed by atoms with van der Waals surface area (Å²) in [5.74, 6) is 1.08. The molecule has 0 aliphatic carbocycles. The maximum atomic E-state index is 13.3. The summed E-state index contributed by atoms with van der Waals surface area (Å²) in [6, 6.07) is 5.30. The first-order valence-corrected chi connectivity index (χ1v) is 7.66. The molecule has 94 valence electrons. The predicted octanol–water partition coefficient (Wildman–Crippen LogP) is 3.96. The van der Waals surface area contributed by atoms with Crippen molar-refractivity contribution in [3.8, 4) is 0 Å². The predicted molar refractivity (Wildman–Crippen MR) is 75.9 cm³/mol. The van der Waals surface area contributed by atoms with Crippen molar-refractivity contribution in [2.24, 2.45) is 0 Å². The molecular formula is C13H17BrFNS. The largest absolute Gasteiger partial charge is 0.311 e. The standard InChI is InChI=1S/C13H17BrFNS/c1-13(5-2-6-17-13)9-16-8-10-3-4-11(14)12(15)7-10/h3-4,7,16H,2,5-6,8-9H2,1H3. The van der Waals surface area contributed by atoms with Crippen LogP contribution in [0.4, 0.5) is 4.39 Å². The van der Waals surface area contributed by atoms with Crippen LogP contribution in [0, 0.1) is 5.82 Å². The molecule has 1 aromatic carbocycles. The fourth-order valence-corrected chi connectivity index (χ4v) is 3.62. The van der Waals surface area contributed by atoms with E-state index in [0.717, 1.165) is 18.7 Å². The maximum Gasteiger partial charge on any atom is 0.137 e. The lowest BCUT2D eigenvalue weighted by Crippen LogP contribution is -2.32. The summed E-state index contributed by atoms with van der Waals surface area (Å²) in [7, 11) is 0. The van der Waals surface area contributed by atoms with Gasteiger partial charge in [-0.05, 0) is 59.1 Å². The second kappa shape index (κ2) is 5.72. The molecule has 1 saturated heterocycles. The lowest BCUT2D eigenvalue weighted by molar-refractivity contribution is 0.535. The van der Waals surface area contributed by atoms with Gasteiger partial charge < -0.3 is 5.32 Å². The van der Waals surface area contributed by atoms with Gasteiger partial charge in [-0.3, -0.25) is 0 Å². The van der Waals surface area contributed by atoms with Gasteiger partial charge in [0.15, 0.2) is 0 Å². The van der Waals surface area contributed by atoms with E-state index in [9.17, 15) is 4.39 Å². The van der Waals surface area contributed by atoms with Crippen LogP contribution in [0.5, 0.6) is 0 Å². The molecule has 2 rings (SSSR count). The molecular weight excluding hydrogens is 301 g/mol. The smallest absolute Gasteiger partial charge is 0.137 e. The molecule has 0 saturated carbocycles. The minimum atomic E-state index is -0.189. The first kappa shape index (κ1) is 13.4. The summed E-state index contributed by atoms with van der Waals surface area (Å²) in [6.45, 7) is 4.04. The fourth-order valence-electron chi connectivity index (χ4n) is 2.10. The van der Waals surface area contributed by atoms with Gasteiger partial charge in [0, 0.05) is 17.8 Å². The Balaban J connectivity index is 1.83. The normalized spacial score (nSPS) is 24.2. The zero-order valence-electron chi connectivity index (χ0n) is 9.93. The third-order valence-electron chi connectivity index (χ3n) is 3.11. The first-order valence-electron chi connectivity index (χ1n) is 5.88. The second-order valence-electron chi connectivity index (χ2n) is 4.75. The van der Waals surface area contributed by atoms with Gasteiger partial charge in [-0.1, -0.05) is 6.07 Å². The van der Waals surface area contributed by atoms with Crippen LogP contribution in [-0.2, 0) is 6.54 Å². The highest BCUT2D eigenvalue weighted by molar-refractivity contribution is 9.10. The van der Waals surface area contributed by atoms with Gasteiger partial charge in [-0.2, -0.15) is 11.8 Å². The van der Waals surface area contributed by atoms with E-state index in [2.05, 4.69) is 28.2 Å². The highest BCUT2D eigenvalue weighted by atomic mass is 79.9. The summed E-state index contributed by atoms with van der Waals surface area (Å²) in [5.41, 5.74) is 0.997. The lowest BCUT2D eigenvalue weighted by Gasteiger charge is -2.23. The summed E-state index contributed by atoms with van der Waals surface area (Å²) < 4.78 is 14.2. The zero-order valence-corrected chi connectivity index (χ0v) is 12.3. The molecule has 1 aromatic rings. The Labute approximate surface area is 115 Å². The minimum Gasteiger partial charge on any atom is -0.311 e. The summed E-state index contributed by atoms with van der Waals surface area (Å²) >= 11 is 5.20. The van der Waals surface area contributed by atoms with Crippen molar-refractivity contribution < 1.29 is 4.39 Å². The molecule has 1 atom stereocenters. The Morgan fingerprint density at radius 1 is 1.53 bits per heavy atom. The Morgan fingerprint density at radius 3 is 3.00 bits per heavy atom. The van der Waals surface area contributed by atoms with Crippen molar-refractivity contribution >= 4 is 27.7 Å². The van der Waals surface area contributed by atoms with Gasteiger partial charge in [-0.15, -0.1) is 0 Å². The van der Waals surface area contributed by atoms with Crippen LogP contribution in [0.2, 0.25) is 0 Å². The van der Waals surface area contributed by atoms with Crippen molar-refractivity contribution in [3.63, 3.8) is 0 Å². The molecule has 0 bridgehead atoms. The summed E-state index contributed by atoms with van der Waals surface area (Å²) in [5, 5.41) is 3.43. The monoisotopic (exact) mass is 317 g/mol. The van der Waals surface area contributed by atoms with Gasteiger partial charge in [-0.25, -0.2) is 4.39 Å². The van der Waals surface area contributed by atoms with Crippen molar-refractivity contribution in [1.82, 2.24) is 5.32 Å². The number of hydrogen-bond acceptors (Lipinski definition) is 2. The molecule has 1 heterocycles. The van der Waals surface area contributed by atoms with Crippen LogP contribution in [0.25, 0.3) is 0 Å². The van der Waals surface area contributed by atoms with Gasteiger partial charge in [0.2, 0.25) is 0 Å². The van der Waals surface area contributed by atoms with E-state index in [0.29, 0.717) is 9.22 Å². The fraction of sp³-hybridized carbons (Fsp3) is 0.538. The van der Waals surface area contributed by atoms with Gasteiger partial charge >= 0.3 is 0 Å². The number of thioether (sulfide) groups is 1. The van der Waals surface area contributed by atoms with Crippen LogP contribution < -0.4 is 5.32 Å². The third kappa shape index (κ3) is 3.70. The average molecular weight is 318 g/mol. The third-order valence-corrected chi connectivity index (χ3v) is 5.29. The SMILES string of the molecule is CC1(CNCc2ccc(Br)c(F)c2)CCCS1. The molecule has 1 N–H and O–H groups in total. The molecule has 0 spiro atoms. The molecule has 0 radical (unpaired) electrons. The van der Waals surface area contributed by atoms with E-state index in [1.54, 1.807) is 12.1 Å². The van der Waals surface area contributed by atoms with Crippen LogP contribution in [0.15, 0.2) is 22.7 Å². The number of nitrogens with one attached hydrogen (secondary N) is 1. The minimum absolute atomic E-state index is 0.189. The topological polar surface area (TPSA) is 12.0 Å². The van der Waals surface area contributed by atoms with Gasteiger partial charge in [0.25, 0.3) is 0 Å². The van der Waals surface area contributed by atoms with Crippen molar-refractivity contribution in [1.29, 1.82) is 0 Å². The van der Waals surface area contributed by atoms with E-state index in [1.165, 1.54) is 18.6 Å². The molecule has 0 amide bonds. The molecule has 1 fully saturated rings. The molecule has 1 aliphatic rings. The van der Waals surface area contributed by atoms with Crippen molar-refractivity contribution in [3.05, 3.63) is 34.1 Å². The molecule has 1 aliphatic heterocycles. The summed E-state index contributed by atoms with van der Waals surface area (Å²) in [6.07, 6.45) is 2.59. The Kier molecular flexibility index (Phi) is 4.50. The number of halogens is 2. The molecule has 1 unspecified atom stereocenters. The first-order chi connectivity index (χ1) is 8.09. The number of benzene rings is 1. The molecule has 4 heteroatoms. The Bertz CT molecular complexity index is 391. The van der Waals surface area contributed by atoms with Crippen LogP contribution >= 0.6 is 27.7 Å². The van der Waals surface area contributed by atoms with Crippen LogP contribution in [0.1, 0.15) is 25.3 Å². The van der Waals surface area contributed by atoms with Crippen LogP contribution in [0.3, 0.4) is 0 Å². The van der Waals surface area contributed by atoms with E-state index in [1.807, 2.05) is 17.8 Å². The molecule has 17 heavy (non-hydrogen) atoms. The van der Waals surface area contributed by atoms with Gasteiger partial charge in [0.05, 0.1) is 4.47 Å². The average Bonchev–Trinajstić information content (AvgIpc) is 2.71. The Hall–Kier alpha value is -0.0600. The second-order valence-corrected chi connectivity index (χ2v) is 7.29. The number of rotatable bonds is 4. The molecule has 0 aromatic heterocycles. The van der Waals surface area contributed by atoms with Crippen molar-refractivity contribution in [2.45, 2.75) is 31.1 Å². The van der Waals surface area contributed by atoms with Crippen molar-refractivity contribution in [2.75, 3.05) is 12.3 Å². The molecule has 1 nitrogen and oxygen atoms in total. The van der Waals surface area contributed by atoms with Gasteiger partial charge in [0.1, 0.15) is 5.82 Å². The maximum absolute atomic E-state index is 13.3. The highest BCUT2D eigenvalue weighted by Crippen LogP contribution is 2.36. The Morgan fingerprint density at radius 2 is 2.35 bits per heavy atom. The van der Waals surface area contributed by atoms with E-state index >= 15 is 0 Å². The van der Waals surface area contributed by atoms with Crippen LogP contribution in [-0.4, -0.2) is 17.0 Å². The zero-order chi connectivity index (χ0) is 12.3. The lowest BCUT2D eigenvalue weighted by atomic mass is 10.1. The quantitative estimate of drug-likeness (QED) is 0.902. The van der Waals surface area contributed by atoms with E-state index in [4.69, 9.17) is 0 Å². The summed E-state index contributed by atoms with van der Waals surface area (Å²) in [4.78, 5) is 0. The van der Waals surface area contributed by atoms with E-state index in [-0.39, 0.29) is 5.82 Å². The highest BCUT2D eigenvalue weighted by Gasteiger charge is 2.28.